The second kappa shape index (κ2) is 9.55. The molecular weight excluding hydrogens is 445 g/mol. The fraction of sp³-hybridized carbons (Fsp3) is 0.286. The summed E-state index contributed by atoms with van der Waals surface area (Å²) in [6.07, 6.45) is 0.375. The molecule has 164 valence electrons. The SMILES string of the molecule is NC(Cc1ccc(CC(=O)N[C@H]2C[C@H](C(=O)O)Nc3cc(Cl)cc(Cl)c32)cc1)C(=O)O. The molecule has 1 aliphatic heterocycles. The summed E-state index contributed by atoms with van der Waals surface area (Å²) in [5.41, 5.74) is 8.07. The number of amides is 1. The molecule has 2 aromatic carbocycles. The molecule has 8 nitrogen and oxygen atoms in total. The third-order valence-electron chi connectivity index (χ3n) is 5.04. The molecule has 31 heavy (non-hydrogen) atoms. The van der Waals surface area contributed by atoms with Crippen LogP contribution < -0.4 is 16.4 Å². The summed E-state index contributed by atoms with van der Waals surface area (Å²) in [4.78, 5) is 35.0. The summed E-state index contributed by atoms with van der Waals surface area (Å²) in [5.74, 6) is -2.43. The smallest absolute Gasteiger partial charge is 0.326 e. The van der Waals surface area contributed by atoms with Gasteiger partial charge in [-0.2, -0.15) is 0 Å². The van der Waals surface area contributed by atoms with Crippen molar-refractivity contribution in [2.24, 2.45) is 5.73 Å². The molecule has 2 aromatic rings. The zero-order valence-electron chi connectivity index (χ0n) is 16.3. The van der Waals surface area contributed by atoms with E-state index in [0.29, 0.717) is 21.3 Å². The second-order valence-corrected chi connectivity index (χ2v) is 8.23. The van der Waals surface area contributed by atoms with Crippen molar-refractivity contribution in [3.05, 3.63) is 63.1 Å². The molecule has 0 radical (unpaired) electrons. The molecule has 0 saturated heterocycles. The minimum absolute atomic E-state index is 0.0630. The quantitative estimate of drug-likeness (QED) is 0.422. The Hall–Kier alpha value is -2.81. The molecule has 0 saturated carbocycles. The lowest BCUT2D eigenvalue weighted by molar-refractivity contribution is -0.139. The third-order valence-corrected chi connectivity index (χ3v) is 5.57. The maximum absolute atomic E-state index is 12.7. The Bertz CT molecular complexity index is 1010. The number of anilines is 1. The van der Waals surface area contributed by atoms with Gasteiger partial charge in [0.15, 0.2) is 0 Å². The summed E-state index contributed by atoms with van der Waals surface area (Å²) >= 11 is 12.4. The molecule has 3 atom stereocenters. The monoisotopic (exact) mass is 465 g/mol. The maximum atomic E-state index is 12.7. The van der Waals surface area contributed by atoms with Crippen LogP contribution >= 0.6 is 23.2 Å². The van der Waals surface area contributed by atoms with Gasteiger partial charge in [-0.25, -0.2) is 4.79 Å². The van der Waals surface area contributed by atoms with E-state index in [1.807, 2.05) is 0 Å². The Labute approximate surface area is 188 Å². The predicted octanol–water partition coefficient (Wildman–Crippen LogP) is 2.62. The molecule has 0 bridgehead atoms. The number of rotatable bonds is 7. The van der Waals surface area contributed by atoms with Crippen LogP contribution in [-0.4, -0.2) is 40.1 Å². The zero-order valence-corrected chi connectivity index (χ0v) is 17.8. The van der Waals surface area contributed by atoms with Crippen LogP contribution in [0.15, 0.2) is 36.4 Å². The highest BCUT2D eigenvalue weighted by Gasteiger charge is 2.33. The van der Waals surface area contributed by atoms with E-state index in [1.54, 1.807) is 36.4 Å². The number of hydrogen-bond donors (Lipinski definition) is 5. The van der Waals surface area contributed by atoms with Crippen molar-refractivity contribution in [2.45, 2.75) is 37.4 Å². The summed E-state index contributed by atoms with van der Waals surface area (Å²) in [6, 6.07) is 7.55. The van der Waals surface area contributed by atoms with Gasteiger partial charge in [0.1, 0.15) is 12.1 Å². The molecule has 1 unspecified atom stereocenters. The van der Waals surface area contributed by atoms with Crippen molar-refractivity contribution >= 4 is 46.7 Å². The standard InChI is InChI=1S/C21H21Cl2N3O5/c22-12-7-13(23)19-15(8-12)25-17(21(30)31)9-16(19)26-18(27)6-11-3-1-10(2-4-11)5-14(24)20(28)29/h1-4,7-8,14,16-17,25H,5-6,9,24H2,(H,26,27)(H,28,29)(H,30,31)/t14?,16-,17+/m0/s1. The molecule has 1 heterocycles. The van der Waals surface area contributed by atoms with Gasteiger partial charge in [-0.15, -0.1) is 0 Å². The van der Waals surface area contributed by atoms with Crippen molar-refractivity contribution in [3.8, 4) is 0 Å². The van der Waals surface area contributed by atoms with Crippen LogP contribution in [0, 0.1) is 0 Å². The Balaban J connectivity index is 1.71. The van der Waals surface area contributed by atoms with E-state index in [1.165, 1.54) is 0 Å². The van der Waals surface area contributed by atoms with Gasteiger partial charge < -0.3 is 26.6 Å². The number of nitrogens with one attached hydrogen (secondary N) is 2. The third kappa shape index (κ3) is 5.66. The predicted molar refractivity (Wildman–Crippen MR) is 116 cm³/mol. The Morgan fingerprint density at radius 1 is 1.13 bits per heavy atom. The molecule has 0 spiro atoms. The lowest BCUT2D eigenvalue weighted by Gasteiger charge is -2.32. The van der Waals surface area contributed by atoms with Crippen LogP contribution in [0.2, 0.25) is 10.0 Å². The number of halogens is 2. The lowest BCUT2D eigenvalue weighted by atomic mass is 9.92. The lowest BCUT2D eigenvalue weighted by Crippen LogP contribution is -2.41. The Morgan fingerprint density at radius 3 is 2.39 bits per heavy atom. The van der Waals surface area contributed by atoms with Crippen LogP contribution in [0.5, 0.6) is 0 Å². The number of fused-ring (bicyclic) bond motifs is 1. The Morgan fingerprint density at radius 2 is 1.77 bits per heavy atom. The average molecular weight is 466 g/mol. The number of carbonyl (C=O) groups excluding carboxylic acids is 1. The van der Waals surface area contributed by atoms with Gasteiger partial charge in [-0.3, -0.25) is 9.59 Å². The number of nitrogens with two attached hydrogens (primary N) is 1. The van der Waals surface area contributed by atoms with Crippen LogP contribution in [0.3, 0.4) is 0 Å². The number of carbonyl (C=O) groups is 3. The fourth-order valence-electron chi connectivity index (χ4n) is 3.52. The van der Waals surface area contributed by atoms with Gasteiger partial charge in [0.2, 0.25) is 5.91 Å². The number of benzene rings is 2. The van der Waals surface area contributed by atoms with Gasteiger partial charge in [-0.05, 0) is 29.7 Å². The summed E-state index contributed by atoms with van der Waals surface area (Å²) in [7, 11) is 0. The topological polar surface area (TPSA) is 142 Å². The Kier molecular flexibility index (Phi) is 7.04. The summed E-state index contributed by atoms with van der Waals surface area (Å²) in [5, 5.41) is 24.8. The van der Waals surface area contributed by atoms with Crippen molar-refractivity contribution in [3.63, 3.8) is 0 Å². The molecule has 6 N–H and O–H groups in total. The zero-order chi connectivity index (χ0) is 22.7. The fourth-order valence-corrected chi connectivity index (χ4v) is 4.14. The van der Waals surface area contributed by atoms with E-state index in [9.17, 15) is 19.5 Å². The van der Waals surface area contributed by atoms with E-state index < -0.39 is 30.1 Å². The van der Waals surface area contributed by atoms with E-state index in [2.05, 4.69) is 10.6 Å². The van der Waals surface area contributed by atoms with Gasteiger partial charge >= 0.3 is 11.9 Å². The number of carboxylic acids is 2. The van der Waals surface area contributed by atoms with Crippen LogP contribution in [0.4, 0.5) is 5.69 Å². The second-order valence-electron chi connectivity index (χ2n) is 7.38. The van der Waals surface area contributed by atoms with Gasteiger partial charge in [0.05, 0.1) is 12.5 Å². The van der Waals surface area contributed by atoms with E-state index in [0.717, 1.165) is 11.1 Å². The van der Waals surface area contributed by atoms with Crippen LogP contribution in [0.1, 0.15) is 29.2 Å². The number of carboxylic acid groups (broad SMARTS) is 2. The molecule has 0 aliphatic carbocycles. The molecule has 0 fully saturated rings. The first-order valence-electron chi connectivity index (χ1n) is 9.48. The molecule has 1 amide bonds. The molecule has 1 aliphatic rings. The highest BCUT2D eigenvalue weighted by Crippen LogP contribution is 2.39. The highest BCUT2D eigenvalue weighted by atomic mass is 35.5. The van der Waals surface area contributed by atoms with Gasteiger partial charge in [-0.1, -0.05) is 47.5 Å². The van der Waals surface area contributed by atoms with E-state index in [4.69, 9.17) is 34.0 Å². The molecule has 3 rings (SSSR count). The van der Waals surface area contributed by atoms with Crippen molar-refractivity contribution in [1.29, 1.82) is 0 Å². The summed E-state index contributed by atoms with van der Waals surface area (Å²) in [6.45, 7) is 0. The van der Waals surface area contributed by atoms with E-state index >= 15 is 0 Å². The maximum Gasteiger partial charge on any atom is 0.326 e. The van der Waals surface area contributed by atoms with E-state index in [-0.39, 0.29) is 25.2 Å². The molecule has 0 aromatic heterocycles. The highest BCUT2D eigenvalue weighted by molar-refractivity contribution is 6.35. The first-order chi connectivity index (χ1) is 14.6. The van der Waals surface area contributed by atoms with Gasteiger partial charge in [0.25, 0.3) is 0 Å². The van der Waals surface area contributed by atoms with Crippen LogP contribution in [0.25, 0.3) is 0 Å². The molecule has 10 heteroatoms. The number of aliphatic carboxylic acids is 2. The minimum Gasteiger partial charge on any atom is -0.480 e. The van der Waals surface area contributed by atoms with Crippen molar-refractivity contribution in [1.82, 2.24) is 5.32 Å². The van der Waals surface area contributed by atoms with Crippen molar-refractivity contribution in [2.75, 3.05) is 5.32 Å². The molecular formula is C21H21Cl2N3O5. The first-order valence-corrected chi connectivity index (χ1v) is 10.2. The average Bonchev–Trinajstić information content (AvgIpc) is 2.68. The normalized spacial score (nSPS) is 18.4. The minimum atomic E-state index is -1.08. The first kappa shape index (κ1) is 22.9. The van der Waals surface area contributed by atoms with Crippen LogP contribution in [-0.2, 0) is 27.2 Å². The van der Waals surface area contributed by atoms with Crippen molar-refractivity contribution < 1.29 is 24.6 Å². The number of hydrogen-bond acceptors (Lipinski definition) is 5. The largest absolute Gasteiger partial charge is 0.480 e. The summed E-state index contributed by atoms with van der Waals surface area (Å²) < 4.78 is 0. The van der Waals surface area contributed by atoms with Gasteiger partial charge in [0, 0.05) is 27.7 Å².